The van der Waals surface area contributed by atoms with E-state index in [0.29, 0.717) is 5.56 Å². The van der Waals surface area contributed by atoms with Crippen molar-refractivity contribution in [3.8, 4) is 0 Å². The normalized spacial score (nSPS) is 11.8. The standard InChI is InChI=1S/C13H18F2N2O2S/c1-4-6-17(5-2)20(18,19)12-8-10(9-16-3)7-11(14)13(12)15/h4,7-8,16H,1,5-6,9H2,2-3H3. The van der Waals surface area contributed by atoms with Crippen LogP contribution in [0, 0.1) is 11.6 Å². The minimum atomic E-state index is -4.09. The molecule has 0 aliphatic heterocycles. The number of likely N-dealkylation sites (N-methyl/N-ethyl adjacent to an activating group) is 1. The van der Waals surface area contributed by atoms with Crippen LogP contribution in [0.1, 0.15) is 12.5 Å². The van der Waals surface area contributed by atoms with Crippen LogP contribution in [-0.4, -0.2) is 32.9 Å². The molecule has 0 spiro atoms. The zero-order chi connectivity index (χ0) is 15.3. The summed E-state index contributed by atoms with van der Waals surface area (Å²) in [5.74, 6) is -2.53. The van der Waals surface area contributed by atoms with Crippen molar-refractivity contribution in [3.63, 3.8) is 0 Å². The quantitative estimate of drug-likeness (QED) is 0.783. The van der Waals surface area contributed by atoms with Gasteiger partial charge in [0.05, 0.1) is 0 Å². The summed E-state index contributed by atoms with van der Waals surface area (Å²) in [4.78, 5) is -0.647. The minimum Gasteiger partial charge on any atom is -0.316 e. The van der Waals surface area contributed by atoms with Crippen LogP contribution in [0.3, 0.4) is 0 Å². The molecule has 1 rings (SSSR count). The zero-order valence-corrected chi connectivity index (χ0v) is 12.3. The molecule has 0 aliphatic carbocycles. The first-order valence-corrected chi connectivity index (χ1v) is 7.56. The Balaban J connectivity index is 3.39. The van der Waals surface area contributed by atoms with Crippen LogP contribution in [-0.2, 0) is 16.6 Å². The molecule has 0 heterocycles. The molecule has 20 heavy (non-hydrogen) atoms. The third-order valence-corrected chi connectivity index (χ3v) is 4.68. The monoisotopic (exact) mass is 304 g/mol. The fourth-order valence-corrected chi connectivity index (χ4v) is 3.34. The Bertz CT molecular complexity index is 588. The van der Waals surface area contributed by atoms with Crippen LogP contribution in [0.25, 0.3) is 0 Å². The first-order valence-electron chi connectivity index (χ1n) is 6.12. The Hall–Kier alpha value is -1.31. The number of halogens is 2. The van der Waals surface area contributed by atoms with Gasteiger partial charge in [-0.1, -0.05) is 13.0 Å². The Morgan fingerprint density at radius 2 is 2.05 bits per heavy atom. The molecule has 112 valence electrons. The first kappa shape index (κ1) is 16.7. The summed E-state index contributed by atoms with van der Waals surface area (Å²) < 4.78 is 53.1. The number of hydrogen-bond donors (Lipinski definition) is 1. The van der Waals surface area contributed by atoms with E-state index in [1.165, 1.54) is 6.08 Å². The Morgan fingerprint density at radius 3 is 2.55 bits per heavy atom. The van der Waals surface area contributed by atoms with E-state index >= 15 is 0 Å². The summed E-state index contributed by atoms with van der Waals surface area (Å²) in [5, 5.41) is 2.76. The third-order valence-electron chi connectivity index (χ3n) is 2.74. The fraction of sp³-hybridized carbons (Fsp3) is 0.385. The van der Waals surface area contributed by atoms with Gasteiger partial charge in [-0.2, -0.15) is 4.31 Å². The summed E-state index contributed by atoms with van der Waals surface area (Å²) in [6.07, 6.45) is 1.40. The van der Waals surface area contributed by atoms with E-state index in [-0.39, 0.29) is 19.6 Å². The lowest BCUT2D eigenvalue weighted by molar-refractivity contribution is 0.442. The van der Waals surface area contributed by atoms with Gasteiger partial charge in [-0.15, -0.1) is 6.58 Å². The van der Waals surface area contributed by atoms with E-state index in [9.17, 15) is 17.2 Å². The van der Waals surface area contributed by atoms with Gasteiger partial charge in [0.15, 0.2) is 11.6 Å². The molecule has 0 atom stereocenters. The van der Waals surface area contributed by atoms with E-state index in [2.05, 4.69) is 11.9 Å². The van der Waals surface area contributed by atoms with E-state index in [0.717, 1.165) is 16.4 Å². The van der Waals surface area contributed by atoms with Crippen molar-refractivity contribution in [1.29, 1.82) is 0 Å². The van der Waals surface area contributed by atoms with Crippen molar-refractivity contribution >= 4 is 10.0 Å². The lowest BCUT2D eigenvalue weighted by Crippen LogP contribution is -2.32. The van der Waals surface area contributed by atoms with Crippen LogP contribution in [0.5, 0.6) is 0 Å². The topological polar surface area (TPSA) is 49.4 Å². The maximum atomic E-state index is 13.8. The van der Waals surface area contributed by atoms with Crippen LogP contribution in [0.2, 0.25) is 0 Å². The molecule has 1 N–H and O–H groups in total. The van der Waals surface area contributed by atoms with Gasteiger partial charge in [0.1, 0.15) is 4.90 Å². The van der Waals surface area contributed by atoms with Gasteiger partial charge in [0, 0.05) is 19.6 Å². The van der Waals surface area contributed by atoms with Gasteiger partial charge in [-0.25, -0.2) is 17.2 Å². The number of hydrogen-bond acceptors (Lipinski definition) is 3. The van der Waals surface area contributed by atoms with Gasteiger partial charge < -0.3 is 5.32 Å². The average molecular weight is 304 g/mol. The second-order valence-corrected chi connectivity index (χ2v) is 6.07. The minimum absolute atomic E-state index is 0.0378. The largest absolute Gasteiger partial charge is 0.316 e. The maximum absolute atomic E-state index is 13.8. The van der Waals surface area contributed by atoms with Crippen molar-refractivity contribution in [3.05, 3.63) is 42.0 Å². The molecule has 0 fully saturated rings. The fourth-order valence-electron chi connectivity index (χ4n) is 1.79. The molecule has 0 unspecified atom stereocenters. The van der Waals surface area contributed by atoms with Gasteiger partial charge in [-0.3, -0.25) is 0 Å². The molecule has 0 bridgehead atoms. The first-order chi connectivity index (χ1) is 9.38. The van der Waals surface area contributed by atoms with Crippen LogP contribution in [0.4, 0.5) is 8.78 Å². The second kappa shape index (κ2) is 6.92. The number of rotatable bonds is 7. The van der Waals surface area contributed by atoms with E-state index in [4.69, 9.17) is 0 Å². The Kier molecular flexibility index (Phi) is 5.79. The Morgan fingerprint density at radius 1 is 1.40 bits per heavy atom. The molecule has 0 saturated carbocycles. The molecular formula is C13H18F2N2O2S. The van der Waals surface area contributed by atoms with E-state index < -0.39 is 26.6 Å². The van der Waals surface area contributed by atoms with Crippen molar-refractivity contribution in [2.24, 2.45) is 0 Å². The van der Waals surface area contributed by atoms with Crippen LogP contribution in [0.15, 0.2) is 29.7 Å². The number of sulfonamides is 1. The maximum Gasteiger partial charge on any atom is 0.246 e. The predicted molar refractivity (Wildman–Crippen MR) is 73.8 cm³/mol. The highest BCUT2D eigenvalue weighted by Gasteiger charge is 2.28. The summed E-state index contributed by atoms with van der Waals surface area (Å²) >= 11 is 0. The number of benzene rings is 1. The summed E-state index contributed by atoms with van der Waals surface area (Å²) in [5.41, 5.74) is 0.361. The lowest BCUT2D eigenvalue weighted by atomic mass is 10.2. The predicted octanol–water partition coefficient (Wildman–Crippen LogP) is 1.88. The second-order valence-electron chi connectivity index (χ2n) is 4.16. The van der Waals surface area contributed by atoms with Crippen molar-refractivity contribution in [2.75, 3.05) is 20.1 Å². The highest BCUT2D eigenvalue weighted by Crippen LogP contribution is 2.23. The smallest absolute Gasteiger partial charge is 0.246 e. The molecule has 0 saturated heterocycles. The zero-order valence-electron chi connectivity index (χ0n) is 11.5. The molecular weight excluding hydrogens is 286 g/mol. The van der Waals surface area contributed by atoms with Crippen molar-refractivity contribution < 1.29 is 17.2 Å². The van der Waals surface area contributed by atoms with Crippen molar-refractivity contribution in [2.45, 2.75) is 18.4 Å². The average Bonchev–Trinajstić information content (AvgIpc) is 2.39. The molecule has 0 amide bonds. The summed E-state index contributed by atoms with van der Waals surface area (Å²) in [7, 11) is -2.46. The van der Waals surface area contributed by atoms with Crippen molar-refractivity contribution in [1.82, 2.24) is 9.62 Å². The van der Waals surface area contributed by atoms with Gasteiger partial charge in [0.2, 0.25) is 10.0 Å². The van der Waals surface area contributed by atoms with Crippen LogP contribution < -0.4 is 5.32 Å². The number of nitrogens with one attached hydrogen (secondary N) is 1. The van der Waals surface area contributed by atoms with Crippen LogP contribution >= 0.6 is 0 Å². The third kappa shape index (κ3) is 3.41. The molecule has 0 radical (unpaired) electrons. The molecule has 4 nitrogen and oxygen atoms in total. The SMILES string of the molecule is C=CCN(CC)S(=O)(=O)c1cc(CNC)cc(F)c1F. The molecule has 7 heteroatoms. The highest BCUT2D eigenvalue weighted by atomic mass is 32.2. The summed E-state index contributed by atoms with van der Waals surface area (Å²) in [6.45, 7) is 5.50. The molecule has 0 aromatic heterocycles. The van der Waals surface area contributed by atoms with E-state index in [1.807, 2.05) is 0 Å². The lowest BCUT2D eigenvalue weighted by Gasteiger charge is -2.19. The van der Waals surface area contributed by atoms with Gasteiger partial charge in [0.25, 0.3) is 0 Å². The molecule has 0 aliphatic rings. The van der Waals surface area contributed by atoms with Gasteiger partial charge in [-0.05, 0) is 24.7 Å². The highest BCUT2D eigenvalue weighted by molar-refractivity contribution is 7.89. The molecule has 1 aromatic carbocycles. The molecule has 1 aromatic rings. The number of nitrogens with zero attached hydrogens (tertiary/aromatic N) is 1. The van der Waals surface area contributed by atoms with Gasteiger partial charge >= 0.3 is 0 Å². The Labute approximate surface area is 118 Å². The summed E-state index contributed by atoms with van der Waals surface area (Å²) in [6, 6.07) is 2.13. The van der Waals surface area contributed by atoms with E-state index in [1.54, 1.807) is 14.0 Å².